The lowest BCUT2D eigenvalue weighted by atomic mass is 10.1. The second-order valence-electron chi connectivity index (χ2n) is 13.8. The third-order valence-electron chi connectivity index (χ3n) is 8.74. The Balaban J connectivity index is 3.90. The molecule has 3 atom stereocenters. The Morgan fingerprint density at radius 2 is 1.06 bits per heavy atom. The van der Waals surface area contributed by atoms with E-state index in [0.29, 0.717) is 12.8 Å². The van der Waals surface area contributed by atoms with Crippen molar-refractivity contribution in [2.75, 3.05) is 19.8 Å². The van der Waals surface area contributed by atoms with Crippen molar-refractivity contribution in [1.82, 2.24) is 5.32 Å². The summed E-state index contributed by atoms with van der Waals surface area (Å²) in [6.45, 7) is 2.54. The highest BCUT2D eigenvalue weighted by Crippen LogP contribution is 2.43. The topological polar surface area (TPSA) is 169 Å². The number of rotatable bonds is 38. The number of phosphoric acid groups is 1. The molecule has 0 spiro atoms. The van der Waals surface area contributed by atoms with Crippen molar-refractivity contribution in [1.29, 1.82) is 0 Å². The van der Waals surface area contributed by atoms with E-state index in [-0.39, 0.29) is 12.8 Å². The molecule has 0 rings (SSSR count). The lowest BCUT2D eigenvalue weighted by Crippen LogP contribution is -2.43. The molecule has 0 aliphatic carbocycles. The van der Waals surface area contributed by atoms with E-state index in [4.69, 9.17) is 13.8 Å². The molecule has 0 fully saturated rings. The summed E-state index contributed by atoms with van der Waals surface area (Å²) in [5.41, 5.74) is 0. The molecule has 0 radical (unpaired) electrons. The van der Waals surface area contributed by atoms with Gasteiger partial charge >= 0.3 is 19.8 Å². The third kappa shape index (κ3) is 35.0. The Hall–Kier alpha value is -2.04. The van der Waals surface area contributed by atoms with Crippen LogP contribution >= 0.6 is 7.82 Å². The summed E-state index contributed by atoms with van der Waals surface area (Å²) in [5.74, 6) is -2.38. The number of aliphatic carboxylic acids is 1. The molecule has 0 saturated heterocycles. The van der Waals surface area contributed by atoms with Gasteiger partial charge in [-0.1, -0.05) is 147 Å². The Morgan fingerprint density at radius 1 is 0.615 bits per heavy atom. The zero-order chi connectivity index (χ0) is 38.5. The van der Waals surface area contributed by atoms with Crippen LogP contribution in [0.5, 0.6) is 0 Å². The van der Waals surface area contributed by atoms with Crippen molar-refractivity contribution < 1.29 is 47.8 Å². The number of unbranched alkanes of at least 4 members (excludes halogenated alkanes) is 20. The molecule has 4 N–H and O–H groups in total. The quantitative estimate of drug-likeness (QED) is 0.0206. The maximum absolute atomic E-state index is 12.2. The molecule has 0 aromatic carbocycles. The van der Waals surface area contributed by atoms with E-state index < -0.39 is 57.6 Å². The minimum absolute atomic E-state index is 0.148. The van der Waals surface area contributed by atoms with Gasteiger partial charge in [0, 0.05) is 12.8 Å². The summed E-state index contributed by atoms with van der Waals surface area (Å²) < 4.78 is 26.7. The number of allylic oxidation sites excluding steroid dienone is 4. The van der Waals surface area contributed by atoms with Crippen LogP contribution in [-0.2, 0) is 32.7 Å². The zero-order valence-electron chi connectivity index (χ0n) is 32.6. The van der Waals surface area contributed by atoms with Crippen LogP contribution in [0.4, 0.5) is 0 Å². The van der Waals surface area contributed by atoms with Crippen LogP contribution in [0.1, 0.15) is 181 Å². The fourth-order valence-corrected chi connectivity index (χ4v) is 6.29. The van der Waals surface area contributed by atoms with Crippen LogP contribution in [0.2, 0.25) is 0 Å². The van der Waals surface area contributed by atoms with Gasteiger partial charge in [-0.15, -0.1) is 0 Å². The number of aliphatic hydroxyl groups is 1. The molecular formula is C40H74NO10P. The predicted octanol–water partition coefficient (Wildman–Crippen LogP) is 9.89. The molecule has 0 aliphatic heterocycles. The van der Waals surface area contributed by atoms with E-state index in [9.17, 15) is 34.1 Å². The van der Waals surface area contributed by atoms with Gasteiger partial charge in [0.2, 0.25) is 5.91 Å². The standard InChI is InChI=1S/C40H74NO10P/c1-3-5-7-9-11-13-15-16-17-18-19-20-21-22-24-26-28-30-32-39(44)49-33-36(42)34-50-52(47,48)51-35-37(40(45)46)41-38(43)31-29-27-25-23-14-12-10-8-6-4-2/h13,15,17-18,36-37,42H,3-12,14,16,19-35H2,1-2H3,(H,41,43)(H,45,46)(H,47,48)/b15-13-,18-17-. The number of nitrogens with one attached hydrogen (secondary N) is 1. The monoisotopic (exact) mass is 760 g/mol. The number of esters is 1. The molecule has 304 valence electrons. The lowest BCUT2D eigenvalue weighted by Gasteiger charge is -2.18. The summed E-state index contributed by atoms with van der Waals surface area (Å²) in [6, 6.07) is -1.54. The number of phosphoric ester groups is 1. The number of ether oxygens (including phenoxy) is 1. The van der Waals surface area contributed by atoms with Gasteiger partial charge in [0.25, 0.3) is 0 Å². The van der Waals surface area contributed by atoms with Gasteiger partial charge in [-0.25, -0.2) is 9.36 Å². The summed E-state index contributed by atoms with van der Waals surface area (Å²) in [6.07, 6.45) is 35.0. The van der Waals surface area contributed by atoms with Crippen LogP contribution in [0, 0.1) is 0 Å². The zero-order valence-corrected chi connectivity index (χ0v) is 33.5. The molecule has 52 heavy (non-hydrogen) atoms. The average molecular weight is 760 g/mol. The largest absolute Gasteiger partial charge is 0.480 e. The van der Waals surface area contributed by atoms with Crippen LogP contribution in [0.3, 0.4) is 0 Å². The van der Waals surface area contributed by atoms with Crippen LogP contribution in [0.25, 0.3) is 0 Å². The third-order valence-corrected chi connectivity index (χ3v) is 9.69. The number of amides is 1. The SMILES string of the molecule is CCCCCC/C=C\C/C=C\CCCCCCCCCC(=O)OCC(O)COP(=O)(O)OCC(NC(=O)CCCCCCCCCCCC)C(=O)O. The highest BCUT2D eigenvalue weighted by Gasteiger charge is 2.28. The summed E-state index contributed by atoms with van der Waals surface area (Å²) in [4.78, 5) is 45.7. The highest BCUT2D eigenvalue weighted by atomic mass is 31.2. The molecule has 0 aromatic heterocycles. The molecule has 1 amide bonds. The van der Waals surface area contributed by atoms with E-state index in [1.807, 2.05) is 0 Å². The van der Waals surface area contributed by atoms with E-state index in [1.165, 1.54) is 89.9 Å². The smallest absolute Gasteiger partial charge is 0.472 e. The first-order chi connectivity index (χ1) is 25.1. The number of carbonyl (C=O) groups is 3. The number of carboxylic acids is 1. The first kappa shape index (κ1) is 50.0. The van der Waals surface area contributed by atoms with Crippen LogP contribution in [0.15, 0.2) is 24.3 Å². The Bertz CT molecular complexity index is 989. The average Bonchev–Trinajstić information content (AvgIpc) is 3.11. The maximum Gasteiger partial charge on any atom is 0.472 e. The first-order valence-electron chi connectivity index (χ1n) is 20.4. The maximum atomic E-state index is 12.2. The molecule has 0 saturated carbocycles. The molecule has 12 heteroatoms. The van der Waals surface area contributed by atoms with Gasteiger partial charge in [-0.05, 0) is 44.9 Å². The van der Waals surface area contributed by atoms with Gasteiger partial charge in [-0.3, -0.25) is 18.6 Å². The predicted molar refractivity (Wildman–Crippen MR) is 208 cm³/mol. The minimum atomic E-state index is -4.75. The Kier molecular flexibility index (Phi) is 34.6. The number of hydrogen-bond acceptors (Lipinski definition) is 8. The van der Waals surface area contributed by atoms with Crippen molar-refractivity contribution in [3.63, 3.8) is 0 Å². The van der Waals surface area contributed by atoms with Crippen molar-refractivity contribution in [2.45, 2.75) is 193 Å². The Morgan fingerprint density at radius 3 is 1.58 bits per heavy atom. The van der Waals surface area contributed by atoms with E-state index in [0.717, 1.165) is 51.4 Å². The first-order valence-corrected chi connectivity index (χ1v) is 21.9. The molecule has 0 aliphatic rings. The Labute approximate surface area is 315 Å². The van der Waals surface area contributed by atoms with Crippen molar-refractivity contribution in [3.05, 3.63) is 24.3 Å². The molecule has 0 heterocycles. The molecule has 11 nitrogen and oxygen atoms in total. The number of hydrogen-bond donors (Lipinski definition) is 4. The van der Waals surface area contributed by atoms with E-state index in [1.54, 1.807) is 0 Å². The van der Waals surface area contributed by atoms with Crippen molar-refractivity contribution in [3.8, 4) is 0 Å². The second-order valence-corrected chi connectivity index (χ2v) is 15.3. The van der Waals surface area contributed by atoms with Gasteiger partial charge in [0.05, 0.1) is 13.2 Å². The van der Waals surface area contributed by atoms with Crippen LogP contribution in [-0.4, -0.2) is 64.9 Å². The summed E-state index contributed by atoms with van der Waals surface area (Å²) in [5, 5.41) is 21.7. The molecular weight excluding hydrogens is 685 g/mol. The van der Waals surface area contributed by atoms with Crippen molar-refractivity contribution in [2.24, 2.45) is 0 Å². The van der Waals surface area contributed by atoms with E-state index in [2.05, 4.69) is 43.5 Å². The normalized spacial score (nSPS) is 14.1. The summed E-state index contributed by atoms with van der Waals surface area (Å²) >= 11 is 0. The molecule has 0 bridgehead atoms. The van der Waals surface area contributed by atoms with Crippen molar-refractivity contribution >= 4 is 25.7 Å². The highest BCUT2D eigenvalue weighted by molar-refractivity contribution is 7.47. The van der Waals surface area contributed by atoms with E-state index >= 15 is 0 Å². The van der Waals surface area contributed by atoms with Gasteiger partial charge in [0.15, 0.2) is 6.04 Å². The molecule has 3 unspecified atom stereocenters. The van der Waals surface area contributed by atoms with Gasteiger partial charge in [0.1, 0.15) is 12.7 Å². The van der Waals surface area contributed by atoms with Crippen LogP contribution < -0.4 is 5.32 Å². The fourth-order valence-electron chi connectivity index (χ4n) is 5.52. The number of carboxylic acid groups (broad SMARTS) is 1. The summed E-state index contributed by atoms with van der Waals surface area (Å²) in [7, 11) is -4.75. The second kappa shape index (κ2) is 36.0. The van der Waals surface area contributed by atoms with Gasteiger partial charge < -0.3 is 25.2 Å². The minimum Gasteiger partial charge on any atom is -0.480 e. The van der Waals surface area contributed by atoms with Gasteiger partial charge in [-0.2, -0.15) is 0 Å². The number of carbonyl (C=O) groups excluding carboxylic acids is 2. The lowest BCUT2D eigenvalue weighted by molar-refractivity contribution is -0.147. The molecule has 0 aromatic rings. The number of aliphatic hydroxyl groups excluding tert-OH is 1. The fraction of sp³-hybridized carbons (Fsp3) is 0.825.